The van der Waals surface area contributed by atoms with Crippen LogP contribution in [0.5, 0.6) is 0 Å². The standard InChI is InChI=1S/C20H16ClN5O/c21-14-3-1-4-16(11-14)25-20(27)24-15-8-6-13(7-9-15)17-5-2-10-26-12-23-19(22)18(17)26/h1-12H,22H2,(H2,24,25,27). The molecule has 0 saturated heterocycles. The number of benzene rings is 2. The van der Waals surface area contributed by atoms with E-state index in [9.17, 15) is 4.79 Å². The number of carbonyl (C=O) groups is 1. The summed E-state index contributed by atoms with van der Waals surface area (Å²) in [4.78, 5) is 16.3. The first-order valence-corrected chi connectivity index (χ1v) is 8.63. The monoisotopic (exact) mass is 377 g/mol. The van der Waals surface area contributed by atoms with Crippen LogP contribution in [0.15, 0.2) is 73.2 Å². The Morgan fingerprint density at radius 2 is 1.78 bits per heavy atom. The van der Waals surface area contributed by atoms with Crippen molar-refractivity contribution in [2.75, 3.05) is 16.4 Å². The van der Waals surface area contributed by atoms with E-state index in [-0.39, 0.29) is 6.03 Å². The molecule has 2 aromatic carbocycles. The number of nitrogens with zero attached hydrogens (tertiary/aromatic N) is 2. The average molecular weight is 378 g/mol. The van der Waals surface area contributed by atoms with Crippen LogP contribution < -0.4 is 16.4 Å². The minimum Gasteiger partial charge on any atom is -0.382 e. The van der Waals surface area contributed by atoms with Gasteiger partial charge in [0.15, 0.2) is 0 Å². The first kappa shape index (κ1) is 16.9. The number of hydrogen-bond donors (Lipinski definition) is 3. The van der Waals surface area contributed by atoms with Crippen molar-refractivity contribution in [2.45, 2.75) is 0 Å². The fourth-order valence-corrected chi connectivity index (χ4v) is 3.09. The number of anilines is 3. The Hall–Kier alpha value is -3.51. The molecule has 2 heterocycles. The first-order valence-electron chi connectivity index (χ1n) is 8.25. The van der Waals surface area contributed by atoms with Crippen molar-refractivity contribution < 1.29 is 4.79 Å². The second-order valence-electron chi connectivity index (χ2n) is 5.97. The number of aromatic nitrogens is 2. The number of urea groups is 1. The molecule has 7 heteroatoms. The number of carbonyl (C=O) groups excluding carboxylic acids is 1. The molecular weight excluding hydrogens is 362 g/mol. The lowest BCUT2D eigenvalue weighted by Gasteiger charge is -2.09. The molecule has 0 radical (unpaired) electrons. The molecular formula is C20H16ClN5O. The molecule has 27 heavy (non-hydrogen) atoms. The third kappa shape index (κ3) is 3.56. The number of hydrogen-bond acceptors (Lipinski definition) is 3. The largest absolute Gasteiger partial charge is 0.382 e. The molecule has 134 valence electrons. The highest BCUT2D eigenvalue weighted by molar-refractivity contribution is 6.30. The molecule has 0 atom stereocenters. The van der Waals surface area contributed by atoms with Crippen molar-refractivity contribution in [2.24, 2.45) is 0 Å². The van der Waals surface area contributed by atoms with Crippen LogP contribution in [0, 0.1) is 0 Å². The lowest BCUT2D eigenvalue weighted by atomic mass is 10.1. The van der Waals surface area contributed by atoms with Crippen molar-refractivity contribution in [1.29, 1.82) is 0 Å². The number of rotatable bonds is 3. The Kier molecular flexibility index (Phi) is 4.40. The molecule has 6 nitrogen and oxygen atoms in total. The number of nitrogen functional groups attached to an aromatic ring is 1. The Labute approximate surface area is 160 Å². The summed E-state index contributed by atoms with van der Waals surface area (Å²) < 4.78 is 1.88. The quantitative estimate of drug-likeness (QED) is 0.475. The fraction of sp³-hybridized carbons (Fsp3) is 0. The second-order valence-corrected chi connectivity index (χ2v) is 6.41. The van der Waals surface area contributed by atoms with E-state index >= 15 is 0 Å². The summed E-state index contributed by atoms with van der Waals surface area (Å²) in [5, 5.41) is 6.10. The van der Waals surface area contributed by atoms with Crippen molar-refractivity contribution in [3.8, 4) is 11.1 Å². The SMILES string of the molecule is Nc1ncn2cccc(-c3ccc(NC(=O)Nc4cccc(Cl)c4)cc3)c12. The maximum atomic E-state index is 12.1. The molecule has 0 spiro atoms. The minimum absolute atomic E-state index is 0.341. The number of halogens is 1. The van der Waals surface area contributed by atoms with E-state index in [2.05, 4.69) is 15.6 Å². The van der Waals surface area contributed by atoms with Gasteiger partial charge in [-0.1, -0.05) is 35.9 Å². The zero-order valence-corrected chi connectivity index (χ0v) is 14.9. The van der Waals surface area contributed by atoms with Gasteiger partial charge in [0, 0.05) is 28.2 Å². The van der Waals surface area contributed by atoms with Crippen molar-refractivity contribution >= 4 is 40.3 Å². The van der Waals surface area contributed by atoms with Gasteiger partial charge in [0.2, 0.25) is 0 Å². The Morgan fingerprint density at radius 1 is 1.00 bits per heavy atom. The van der Waals surface area contributed by atoms with Crippen LogP contribution in [-0.4, -0.2) is 15.4 Å². The van der Waals surface area contributed by atoms with E-state index < -0.39 is 0 Å². The van der Waals surface area contributed by atoms with Gasteiger partial charge in [-0.3, -0.25) is 0 Å². The zero-order valence-electron chi connectivity index (χ0n) is 14.2. The lowest BCUT2D eigenvalue weighted by molar-refractivity contribution is 0.262. The summed E-state index contributed by atoms with van der Waals surface area (Å²) in [6, 6.07) is 18.1. The summed E-state index contributed by atoms with van der Waals surface area (Å²) in [6.45, 7) is 0. The maximum Gasteiger partial charge on any atom is 0.323 e. The normalized spacial score (nSPS) is 10.7. The molecule has 2 amide bonds. The van der Waals surface area contributed by atoms with Crippen LogP contribution in [0.2, 0.25) is 5.02 Å². The van der Waals surface area contributed by atoms with Crippen molar-refractivity contribution in [3.05, 3.63) is 78.2 Å². The van der Waals surface area contributed by atoms with Gasteiger partial charge in [-0.15, -0.1) is 0 Å². The van der Waals surface area contributed by atoms with Gasteiger partial charge in [-0.25, -0.2) is 9.78 Å². The minimum atomic E-state index is -0.341. The van der Waals surface area contributed by atoms with Crippen LogP contribution in [-0.2, 0) is 0 Å². The molecule has 0 aliphatic heterocycles. The van der Waals surface area contributed by atoms with E-state index in [1.54, 1.807) is 30.6 Å². The number of pyridine rings is 1. The number of nitrogens with two attached hydrogens (primary N) is 1. The molecule has 0 unspecified atom stereocenters. The Morgan fingerprint density at radius 3 is 2.56 bits per heavy atom. The van der Waals surface area contributed by atoms with Crippen LogP contribution in [0.25, 0.3) is 16.6 Å². The number of amides is 2. The van der Waals surface area contributed by atoms with Crippen LogP contribution in [0.4, 0.5) is 22.0 Å². The highest BCUT2D eigenvalue weighted by Gasteiger charge is 2.09. The Bertz CT molecular complexity index is 1120. The van der Waals surface area contributed by atoms with Gasteiger partial charge in [-0.2, -0.15) is 0 Å². The molecule has 0 bridgehead atoms. The maximum absolute atomic E-state index is 12.1. The molecule has 4 rings (SSSR count). The van der Waals surface area contributed by atoms with Crippen molar-refractivity contribution in [1.82, 2.24) is 9.38 Å². The third-order valence-electron chi connectivity index (χ3n) is 4.12. The molecule has 0 aliphatic carbocycles. The molecule has 0 saturated carbocycles. The molecule has 2 aromatic heterocycles. The predicted molar refractivity (Wildman–Crippen MR) is 109 cm³/mol. The number of fused-ring (bicyclic) bond motifs is 1. The summed E-state index contributed by atoms with van der Waals surface area (Å²) in [7, 11) is 0. The van der Waals surface area contributed by atoms with Gasteiger partial charge in [0.25, 0.3) is 0 Å². The summed E-state index contributed by atoms with van der Waals surface area (Å²) in [5.74, 6) is 0.480. The number of imidazole rings is 1. The van der Waals surface area contributed by atoms with Gasteiger partial charge < -0.3 is 20.8 Å². The van der Waals surface area contributed by atoms with Crippen LogP contribution in [0.1, 0.15) is 0 Å². The molecule has 0 aliphatic rings. The summed E-state index contributed by atoms with van der Waals surface area (Å²) in [6.07, 6.45) is 3.59. The molecule has 4 aromatic rings. The van der Waals surface area contributed by atoms with Crippen LogP contribution in [0.3, 0.4) is 0 Å². The van der Waals surface area contributed by atoms with E-state index in [0.717, 1.165) is 16.6 Å². The predicted octanol–water partition coefficient (Wildman–Crippen LogP) is 4.88. The third-order valence-corrected chi connectivity index (χ3v) is 4.36. The lowest BCUT2D eigenvalue weighted by Crippen LogP contribution is -2.19. The summed E-state index contributed by atoms with van der Waals surface area (Å²) >= 11 is 5.92. The van der Waals surface area contributed by atoms with Gasteiger partial charge in [-0.05, 0) is 42.0 Å². The van der Waals surface area contributed by atoms with E-state index in [4.69, 9.17) is 17.3 Å². The van der Waals surface area contributed by atoms with E-state index in [1.165, 1.54) is 0 Å². The van der Waals surface area contributed by atoms with E-state index in [1.807, 2.05) is 47.0 Å². The molecule has 0 fully saturated rings. The second kappa shape index (κ2) is 7.01. The summed E-state index contributed by atoms with van der Waals surface area (Å²) in [5.41, 5.74) is 10.1. The smallest absolute Gasteiger partial charge is 0.323 e. The highest BCUT2D eigenvalue weighted by Crippen LogP contribution is 2.28. The van der Waals surface area contributed by atoms with E-state index in [0.29, 0.717) is 22.2 Å². The number of nitrogens with one attached hydrogen (secondary N) is 2. The zero-order chi connectivity index (χ0) is 18.8. The Balaban J connectivity index is 1.52. The van der Waals surface area contributed by atoms with Gasteiger partial charge in [0.05, 0.1) is 5.52 Å². The van der Waals surface area contributed by atoms with Crippen molar-refractivity contribution in [3.63, 3.8) is 0 Å². The molecule has 4 N–H and O–H groups in total. The topological polar surface area (TPSA) is 84.4 Å². The first-order chi connectivity index (χ1) is 13.1. The van der Waals surface area contributed by atoms with Crippen LogP contribution >= 0.6 is 11.6 Å². The fourth-order valence-electron chi connectivity index (χ4n) is 2.90. The van der Waals surface area contributed by atoms with Gasteiger partial charge >= 0.3 is 6.03 Å². The highest BCUT2D eigenvalue weighted by atomic mass is 35.5. The van der Waals surface area contributed by atoms with Gasteiger partial charge in [0.1, 0.15) is 12.1 Å². The average Bonchev–Trinajstić information content (AvgIpc) is 3.04.